The van der Waals surface area contributed by atoms with Crippen LogP contribution in [0.5, 0.6) is 0 Å². The molecule has 3 saturated carbocycles. The largest absolute Gasteiger partial charge is 0.528 e. The molecule has 0 unspecified atom stereocenters. The Bertz CT molecular complexity index is 1880. The van der Waals surface area contributed by atoms with Gasteiger partial charge in [-0.1, -0.05) is 73.6 Å². The topological polar surface area (TPSA) is 182 Å². The summed E-state index contributed by atoms with van der Waals surface area (Å²) in [6.45, 7) is 7.23. The molecule has 276 valence electrons. The Morgan fingerprint density at radius 1 is 0.962 bits per heavy atom. The van der Waals surface area contributed by atoms with Crippen LogP contribution in [0.2, 0.25) is 0 Å². The van der Waals surface area contributed by atoms with Crippen molar-refractivity contribution >= 4 is 39.6 Å². The molecule has 2 aromatic carbocycles. The average Bonchev–Trinajstić information content (AvgIpc) is 4.01. The van der Waals surface area contributed by atoms with Crippen LogP contribution in [-0.2, 0) is 38.8 Å². The third-order valence-corrected chi connectivity index (χ3v) is 12.4. The van der Waals surface area contributed by atoms with Crippen molar-refractivity contribution in [2.24, 2.45) is 17.0 Å². The number of ether oxygens (including phenoxy) is 1. The zero-order valence-electron chi connectivity index (χ0n) is 29.1. The molecule has 5 atom stereocenters. The minimum Gasteiger partial charge on any atom is -0.430 e. The molecule has 1 heterocycles. The highest BCUT2D eigenvalue weighted by molar-refractivity contribution is 7.91. The van der Waals surface area contributed by atoms with Crippen LogP contribution in [0.25, 0.3) is 11.1 Å². The molecule has 3 amide bonds. The van der Waals surface area contributed by atoms with Gasteiger partial charge in [0.25, 0.3) is 5.91 Å². The summed E-state index contributed by atoms with van der Waals surface area (Å²) in [5, 5.41) is 6.70. The summed E-state index contributed by atoms with van der Waals surface area (Å²) in [6.07, 6.45) is 3.11. The van der Waals surface area contributed by atoms with E-state index in [-0.39, 0.29) is 25.5 Å². The predicted octanol–water partition coefficient (Wildman–Crippen LogP) is 3.31. The number of hydrogen-bond donors (Lipinski definition) is 3. The number of amides is 3. The molecule has 5 aliphatic rings. The number of oxime groups is 1. The molecule has 14 nitrogen and oxygen atoms in total. The van der Waals surface area contributed by atoms with Gasteiger partial charge in [-0.3, -0.25) is 19.1 Å². The van der Waals surface area contributed by atoms with Crippen molar-refractivity contribution in [3.05, 3.63) is 72.3 Å². The summed E-state index contributed by atoms with van der Waals surface area (Å²) in [6, 6.07) is 13.4. The number of fused-ring (bicyclic) bond motifs is 3. The quantitative estimate of drug-likeness (QED) is 0.134. The Morgan fingerprint density at radius 2 is 1.60 bits per heavy atom. The van der Waals surface area contributed by atoms with Crippen molar-refractivity contribution in [3.63, 3.8) is 0 Å². The van der Waals surface area contributed by atoms with Gasteiger partial charge in [-0.2, -0.15) is 0 Å². The first-order valence-electron chi connectivity index (χ1n) is 17.8. The molecule has 0 bridgehead atoms. The summed E-state index contributed by atoms with van der Waals surface area (Å²) < 4.78 is 32.7. The second kappa shape index (κ2) is 14.0. The lowest BCUT2D eigenvalue weighted by Gasteiger charge is -2.31. The standard InChI is InChI=1S/C37H43N5O9S/c1-4-22-19-37(22,35(45)41-52(47,48)25-16-17-25)38-33(43)30-18-24(50-40-32-28-14-7-5-12-26(28)27-13-6-8-15-29(27)32)20-42(30)34(44)31(21(2)3)39-51-36(46)49-23-10-9-11-23/h4-8,12-15,21-25,30-31,39H,1,9-11,16-20H2,2-3H3,(H,38,43)(H,41,45)/t22-,24-,30+,31-,37+/m1/s1. The first-order valence-corrected chi connectivity index (χ1v) is 19.3. The Morgan fingerprint density at radius 3 is 2.13 bits per heavy atom. The average molecular weight is 734 g/mol. The van der Waals surface area contributed by atoms with E-state index in [1.54, 1.807) is 13.8 Å². The molecule has 2 aromatic rings. The summed E-state index contributed by atoms with van der Waals surface area (Å²) in [4.78, 5) is 66.7. The Balaban J connectivity index is 1.12. The van der Waals surface area contributed by atoms with Crippen molar-refractivity contribution in [3.8, 4) is 11.1 Å². The van der Waals surface area contributed by atoms with Crippen LogP contribution in [0.3, 0.4) is 0 Å². The molecule has 52 heavy (non-hydrogen) atoms. The van der Waals surface area contributed by atoms with E-state index < -0.39 is 74.7 Å². The van der Waals surface area contributed by atoms with E-state index >= 15 is 0 Å². The van der Waals surface area contributed by atoms with Gasteiger partial charge in [0.15, 0.2) is 0 Å². The number of nitrogens with one attached hydrogen (secondary N) is 3. The van der Waals surface area contributed by atoms with E-state index in [9.17, 15) is 27.6 Å². The number of carbonyl (C=O) groups is 4. The highest BCUT2D eigenvalue weighted by Crippen LogP contribution is 2.45. The van der Waals surface area contributed by atoms with Gasteiger partial charge >= 0.3 is 6.16 Å². The van der Waals surface area contributed by atoms with Crippen molar-refractivity contribution in [1.82, 2.24) is 20.4 Å². The highest BCUT2D eigenvalue weighted by atomic mass is 32.2. The number of nitrogens with zero attached hydrogens (tertiary/aromatic N) is 2. The monoisotopic (exact) mass is 733 g/mol. The maximum Gasteiger partial charge on any atom is 0.528 e. The normalized spacial score (nSPS) is 25.2. The van der Waals surface area contributed by atoms with Gasteiger partial charge in [-0.25, -0.2) is 13.2 Å². The van der Waals surface area contributed by atoms with Crippen molar-refractivity contribution in [2.45, 2.75) is 93.9 Å². The van der Waals surface area contributed by atoms with Crippen LogP contribution >= 0.6 is 0 Å². The van der Waals surface area contributed by atoms with E-state index in [2.05, 4.69) is 27.3 Å². The Kier molecular flexibility index (Phi) is 9.59. The number of carbonyl (C=O) groups excluding carboxylic acids is 4. The van der Waals surface area contributed by atoms with Gasteiger partial charge in [0.2, 0.25) is 21.8 Å². The minimum atomic E-state index is -3.89. The van der Waals surface area contributed by atoms with Crippen LogP contribution in [0, 0.1) is 11.8 Å². The third-order valence-electron chi connectivity index (χ3n) is 10.6. The van der Waals surface area contributed by atoms with Gasteiger partial charge in [-0.05, 0) is 55.6 Å². The molecule has 0 aromatic heterocycles. The van der Waals surface area contributed by atoms with Gasteiger partial charge in [0, 0.05) is 23.5 Å². The van der Waals surface area contributed by atoms with E-state index in [1.807, 2.05) is 48.5 Å². The van der Waals surface area contributed by atoms with Gasteiger partial charge < -0.3 is 24.6 Å². The molecular formula is C37H43N5O9S. The second-order valence-corrected chi connectivity index (χ2v) is 16.5. The fraction of sp³-hybridized carbons (Fsp3) is 0.486. The minimum absolute atomic E-state index is 0.0177. The fourth-order valence-corrected chi connectivity index (χ4v) is 8.38. The lowest BCUT2D eigenvalue weighted by Crippen LogP contribution is -2.58. The SMILES string of the molecule is C=C[C@@H]1C[C@@]1(NC(=O)[C@@H]1C[C@@H](ON=C2c3ccccc3-c3ccccc32)CN1C(=O)[C@H](NOC(=O)OC1CCC1)C(C)C)C(=O)NS(=O)(=O)C1CC1. The summed E-state index contributed by atoms with van der Waals surface area (Å²) in [5.41, 5.74) is 5.42. The first-order chi connectivity index (χ1) is 24.9. The van der Waals surface area contributed by atoms with Crippen LogP contribution < -0.4 is 15.5 Å². The van der Waals surface area contributed by atoms with Gasteiger partial charge in [0.1, 0.15) is 35.5 Å². The van der Waals surface area contributed by atoms with Crippen LogP contribution in [0.4, 0.5) is 4.79 Å². The summed E-state index contributed by atoms with van der Waals surface area (Å²) in [7, 11) is -3.89. The molecule has 1 saturated heterocycles. The van der Waals surface area contributed by atoms with E-state index in [0.717, 1.165) is 41.5 Å². The summed E-state index contributed by atoms with van der Waals surface area (Å²) >= 11 is 0. The second-order valence-electron chi connectivity index (χ2n) is 14.5. The van der Waals surface area contributed by atoms with Crippen molar-refractivity contribution in [2.75, 3.05) is 6.54 Å². The fourth-order valence-electron chi connectivity index (χ4n) is 7.02. The smallest absolute Gasteiger partial charge is 0.430 e. The maximum atomic E-state index is 14.2. The van der Waals surface area contributed by atoms with E-state index in [0.29, 0.717) is 18.6 Å². The van der Waals surface area contributed by atoms with Gasteiger partial charge in [0.05, 0.1) is 11.8 Å². The molecule has 4 aliphatic carbocycles. The number of hydroxylamine groups is 1. The van der Waals surface area contributed by atoms with E-state index in [4.69, 9.17) is 14.4 Å². The van der Waals surface area contributed by atoms with Crippen LogP contribution in [0.15, 0.2) is 66.3 Å². The Hall–Kier alpha value is -4.76. The van der Waals surface area contributed by atoms with Crippen LogP contribution in [0.1, 0.15) is 69.9 Å². The molecule has 0 radical (unpaired) electrons. The molecule has 3 N–H and O–H groups in total. The zero-order chi connectivity index (χ0) is 36.8. The molecule has 0 spiro atoms. The molecule has 4 fully saturated rings. The number of hydrogen-bond acceptors (Lipinski definition) is 11. The van der Waals surface area contributed by atoms with E-state index in [1.165, 1.54) is 11.0 Å². The number of sulfonamides is 1. The first kappa shape index (κ1) is 35.6. The third kappa shape index (κ3) is 6.90. The maximum absolute atomic E-state index is 14.2. The molecular weight excluding hydrogens is 691 g/mol. The van der Waals surface area contributed by atoms with Crippen molar-refractivity contribution in [1.29, 1.82) is 0 Å². The number of likely N-dealkylation sites (tertiary alicyclic amines) is 1. The highest BCUT2D eigenvalue weighted by Gasteiger charge is 2.62. The van der Waals surface area contributed by atoms with Crippen molar-refractivity contribution < 1.29 is 42.0 Å². The van der Waals surface area contributed by atoms with Gasteiger partial charge in [-0.15, -0.1) is 12.1 Å². The lowest BCUT2D eigenvalue weighted by atomic mass is 9.96. The molecule has 7 rings (SSSR count). The molecule has 1 aliphatic heterocycles. The number of benzene rings is 2. The molecule has 15 heteroatoms. The Labute approximate surface area is 302 Å². The predicted molar refractivity (Wildman–Crippen MR) is 189 cm³/mol. The summed E-state index contributed by atoms with van der Waals surface area (Å²) in [5.74, 6) is -2.96. The number of rotatable bonds is 13. The lowest BCUT2D eigenvalue weighted by molar-refractivity contribution is -0.145. The van der Waals surface area contributed by atoms with Crippen LogP contribution in [-0.4, -0.2) is 84.5 Å². The zero-order valence-corrected chi connectivity index (χ0v) is 29.9.